The van der Waals surface area contributed by atoms with Crippen LogP contribution in [0.1, 0.15) is 71.6 Å². The summed E-state index contributed by atoms with van der Waals surface area (Å²) in [5, 5.41) is 9.30. The summed E-state index contributed by atoms with van der Waals surface area (Å²) in [4.78, 5) is 25.1. The van der Waals surface area contributed by atoms with E-state index in [1.165, 1.54) is 25.7 Å². The summed E-state index contributed by atoms with van der Waals surface area (Å²) in [5.41, 5.74) is 0. The molecule has 0 aromatic heterocycles. The van der Waals surface area contributed by atoms with Crippen LogP contribution in [0.15, 0.2) is 0 Å². The van der Waals surface area contributed by atoms with E-state index in [4.69, 9.17) is 0 Å². The molecule has 0 aliphatic carbocycles. The Labute approximate surface area is 122 Å². The number of carboxylic acid groups (broad SMARTS) is 1. The number of aliphatic carboxylic acids is 1. The highest BCUT2D eigenvalue weighted by molar-refractivity contribution is 5.84. The topological polar surface area (TPSA) is 57.6 Å². The van der Waals surface area contributed by atoms with Gasteiger partial charge < -0.3 is 10.0 Å². The standard InChI is InChI=1S/C16H29NO3/c1-3-4-5-6-7-8-11-14(18)17-12-9-10-13(2)15(17)16(19)20/h13,15H,3-12H2,1-2H3,(H,19,20). The Hall–Kier alpha value is -1.06. The first-order valence-corrected chi connectivity index (χ1v) is 8.10. The van der Waals surface area contributed by atoms with E-state index >= 15 is 0 Å². The number of amides is 1. The Bertz CT molecular complexity index is 317. The average Bonchev–Trinajstić information content (AvgIpc) is 2.41. The molecule has 0 spiro atoms. The van der Waals surface area contributed by atoms with E-state index < -0.39 is 12.0 Å². The third-order valence-electron chi connectivity index (χ3n) is 4.25. The largest absolute Gasteiger partial charge is 0.480 e. The Kier molecular flexibility index (Phi) is 7.63. The number of nitrogens with zero attached hydrogens (tertiary/aromatic N) is 1. The first kappa shape index (κ1) is 17.0. The Morgan fingerprint density at radius 1 is 1.15 bits per heavy atom. The molecular formula is C16H29NO3. The van der Waals surface area contributed by atoms with Crippen molar-refractivity contribution in [3.05, 3.63) is 0 Å². The number of carbonyl (C=O) groups is 2. The van der Waals surface area contributed by atoms with Crippen molar-refractivity contribution < 1.29 is 14.7 Å². The molecule has 2 unspecified atom stereocenters. The summed E-state index contributed by atoms with van der Waals surface area (Å²) < 4.78 is 0. The van der Waals surface area contributed by atoms with Gasteiger partial charge in [-0.05, 0) is 25.2 Å². The minimum Gasteiger partial charge on any atom is -0.480 e. The van der Waals surface area contributed by atoms with Crippen LogP contribution in [0.4, 0.5) is 0 Å². The van der Waals surface area contributed by atoms with Gasteiger partial charge in [0.2, 0.25) is 5.91 Å². The van der Waals surface area contributed by atoms with Crippen molar-refractivity contribution in [2.75, 3.05) is 6.54 Å². The van der Waals surface area contributed by atoms with Gasteiger partial charge in [0.1, 0.15) is 6.04 Å². The average molecular weight is 283 g/mol. The molecule has 2 atom stereocenters. The molecule has 1 aliphatic heterocycles. The van der Waals surface area contributed by atoms with Gasteiger partial charge in [0, 0.05) is 13.0 Å². The maximum Gasteiger partial charge on any atom is 0.326 e. The molecule has 20 heavy (non-hydrogen) atoms. The predicted molar refractivity (Wildman–Crippen MR) is 79.5 cm³/mol. The van der Waals surface area contributed by atoms with E-state index in [2.05, 4.69) is 6.92 Å². The lowest BCUT2D eigenvalue weighted by molar-refractivity contribution is -0.154. The van der Waals surface area contributed by atoms with Gasteiger partial charge in [-0.15, -0.1) is 0 Å². The van der Waals surface area contributed by atoms with E-state index in [1.54, 1.807) is 4.90 Å². The number of hydrogen-bond donors (Lipinski definition) is 1. The molecular weight excluding hydrogens is 254 g/mol. The van der Waals surface area contributed by atoms with Crippen molar-refractivity contribution in [1.29, 1.82) is 0 Å². The van der Waals surface area contributed by atoms with E-state index in [0.717, 1.165) is 25.7 Å². The fourth-order valence-electron chi connectivity index (χ4n) is 3.04. The zero-order valence-corrected chi connectivity index (χ0v) is 12.9. The highest BCUT2D eigenvalue weighted by Crippen LogP contribution is 2.24. The minimum absolute atomic E-state index is 0.0273. The third-order valence-corrected chi connectivity index (χ3v) is 4.25. The zero-order valence-electron chi connectivity index (χ0n) is 12.9. The van der Waals surface area contributed by atoms with Crippen molar-refractivity contribution in [1.82, 2.24) is 4.90 Å². The number of hydrogen-bond acceptors (Lipinski definition) is 2. The predicted octanol–water partition coefficient (Wildman–Crippen LogP) is 3.45. The summed E-state index contributed by atoms with van der Waals surface area (Å²) >= 11 is 0. The van der Waals surface area contributed by atoms with Gasteiger partial charge in [0.15, 0.2) is 0 Å². The number of unbranched alkanes of at least 4 members (excludes halogenated alkanes) is 5. The second kappa shape index (κ2) is 8.98. The van der Waals surface area contributed by atoms with Crippen LogP contribution in [0.25, 0.3) is 0 Å². The molecule has 1 rings (SSSR count). The molecule has 4 heteroatoms. The highest BCUT2D eigenvalue weighted by atomic mass is 16.4. The third kappa shape index (κ3) is 5.14. The normalized spacial score (nSPS) is 22.8. The summed E-state index contributed by atoms with van der Waals surface area (Å²) in [6.07, 6.45) is 9.20. The van der Waals surface area contributed by atoms with Gasteiger partial charge >= 0.3 is 5.97 Å². The summed E-state index contributed by atoms with van der Waals surface area (Å²) in [5.74, 6) is -0.761. The molecule has 4 nitrogen and oxygen atoms in total. The number of carboxylic acids is 1. The lowest BCUT2D eigenvalue weighted by Crippen LogP contribution is -2.51. The van der Waals surface area contributed by atoms with Crippen LogP contribution in [-0.2, 0) is 9.59 Å². The van der Waals surface area contributed by atoms with Crippen LogP contribution < -0.4 is 0 Å². The number of rotatable bonds is 8. The van der Waals surface area contributed by atoms with Crippen molar-refractivity contribution in [2.45, 2.75) is 77.7 Å². The SMILES string of the molecule is CCCCCCCCC(=O)N1CCCC(C)C1C(=O)O. The second-order valence-electron chi connectivity index (χ2n) is 6.01. The van der Waals surface area contributed by atoms with Gasteiger partial charge in [-0.2, -0.15) is 0 Å². The Morgan fingerprint density at radius 3 is 2.45 bits per heavy atom. The van der Waals surface area contributed by atoms with Crippen molar-refractivity contribution in [3.8, 4) is 0 Å². The van der Waals surface area contributed by atoms with Crippen LogP contribution >= 0.6 is 0 Å². The van der Waals surface area contributed by atoms with Crippen LogP contribution in [0, 0.1) is 5.92 Å². The molecule has 0 bridgehead atoms. The van der Waals surface area contributed by atoms with E-state index in [-0.39, 0.29) is 11.8 Å². The Morgan fingerprint density at radius 2 is 1.80 bits per heavy atom. The van der Waals surface area contributed by atoms with Crippen molar-refractivity contribution in [2.24, 2.45) is 5.92 Å². The second-order valence-corrected chi connectivity index (χ2v) is 6.01. The Balaban J connectivity index is 2.35. The summed E-state index contributed by atoms with van der Waals surface area (Å²) in [7, 11) is 0. The fraction of sp³-hybridized carbons (Fsp3) is 0.875. The first-order valence-electron chi connectivity index (χ1n) is 8.10. The monoisotopic (exact) mass is 283 g/mol. The van der Waals surface area contributed by atoms with Crippen molar-refractivity contribution in [3.63, 3.8) is 0 Å². The molecule has 1 aliphatic rings. The van der Waals surface area contributed by atoms with Gasteiger partial charge in [-0.25, -0.2) is 4.79 Å². The molecule has 0 aromatic rings. The molecule has 0 radical (unpaired) electrons. The first-order chi connectivity index (χ1) is 9.57. The number of carbonyl (C=O) groups excluding carboxylic acids is 1. The van der Waals surface area contributed by atoms with E-state index in [1.807, 2.05) is 6.92 Å². The molecule has 1 fully saturated rings. The molecule has 1 heterocycles. The van der Waals surface area contributed by atoms with Crippen molar-refractivity contribution >= 4 is 11.9 Å². The number of piperidine rings is 1. The highest BCUT2D eigenvalue weighted by Gasteiger charge is 2.36. The van der Waals surface area contributed by atoms with Gasteiger partial charge in [-0.1, -0.05) is 46.0 Å². The van der Waals surface area contributed by atoms with Crippen LogP contribution in [0.5, 0.6) is 0 Å². The quantitative estimate of drug-likeness (QED) is 0.694. The lowest BCUT2D eigenvalue weighted by atomic mass is 9.90. The zero-order chi connectivity index (χ0) is 15.0. The maximum absolute atomic E-state index is 12.2. The minimum atomic E-state index is -0.853. The smallest absolute Gasteiger partial charge is 0.326 e. The molecule has 0 saturated carbocycles. The van der Waals surface area contributed by atoms with Crippen LogP contribution in [0.3, 0.4) is 0 Å². The van der Waals surface area contributed by atoms with Crippen LogP contribution in [0.2, 0.25) is 0 Å². The molecule has 1 N–H and O–H groups in total. The van der Waals surface area contributed by atoms with Gasteiger partial charge in [-0.3, -0.25) is 4.79 Å². The molecule has 1 saturated heterocycles. The molecule has 1 amide bonds. The maximum atomic E-state index is 12.2. The van der Waals surface area contributed by atoms with E-state index in [9.17, 15) is 14.7 Å². The summed E-state index contributed by atoms with van der Waals surface area (Å²) in [6.45, 7) is 4.73. The number of likely N-dealkylation sites (tertiary alicyclic amines) is 1. The molecule has 116 valence electrons. The van der Waals surface area contributed by atoms with Gasteiger partial charge in [0.05, 0.1) is 0 Å². The van der Waals surface area contributed by atoms with E-state index in [0.29, 0.717) is 13.0 Å². The van der Waals surface area contributed by atoms with Gasteiger partial charge in [0.25, 0.3) is 0 Å². The molecule has 0 aromatic carbocycles. The summed E-state index contributed by atoms with van der Waals surface area (Å²) in [6, 6.07) is -0.614. The lowest BCUT2D eigenvalue weighted by Gasteiger charge is -2.37. The van der Waals surface area contributed by atoms with Crippen LogP contribution in [-0.4, -0.2) is 34.5 Å². The fourth-order valence-corrected chi connectivity index (χ4v) is 3.04.